The largest absolute Gasteiger partial charge is 0.479 e. The van der Waals surface area contributed by atoms with Gasteiger partial charge in [-0.15, -0.1) is 11.3 Å². The number of carboxylic acid groups (broad SMARTS) is 1. The lowest BCUT2D eigenvalue weighted by Gasteiger charge is -2.37. The lowest BCUT2D eigenvalue weighted by Crippen LogP contribution is -2.48. The van der Waals surface area contributed by atoms with Crippen molar-refractivity contribution in [3.8, 4) is 17.0 Å². The third-order valence-corrected chi connectivity index (χ3v) is 5.40. The minimum Gasteiger partial charge on any atom is -0.479 e. The lowest BCUT2D eigenvalue weighted by atomic mass is 10.0. The normalized spacial score (nSPS) is 17.0. The molecule has 1 aliphatic rings. The number of amides is 1. The Balaban J connectivity index is 1.87. The highest BCUT2D eigenvalue weighted by molar-refractivity contribution is 7.09. The highest BCUT2D eigenvalue weighted by Gasteiger charge is 2.40. The molecule has 0 radical (unpaired) electrons. The van der Waals surface area contributed by atoms with E-state index in [9.17, 15) is 14.7 Å². The van der Waals surface area contributed by atoms with Gasteiger partial charge in [0.25, 0.3) is 5.91 Å². The molecule has 28 heavy (non-hydrogen) atoms. The molecular formula is C21H18N2O4S. The van der Waals surface area contributed by atoms with Crippen LogP contribution in [0, 0.1) is 6.92 Å². The molecule has 3 aromatic rings. The van der Waals surface area contributed by atoms with E-state index in [1.807, 2.05) is 24.4 Å². The van der Waals surface area contributed by atoms with Gasteiger partial charge >= 0.3 is 5.97 Å². The zero-order valence-electron chi connectivity index (χ0n) is 15.3. The van der Waals surface area contributed by atoms with Crippen LogP contribution in [-0.4, -0.2) is 28.1 Å². The van der Waals surface area contributed by atoms with Crippen LogP contribution in [0.1, 0.15) is 23.5 Å². The molecule has 0 saturated heterocycles. The molecule has 0 aliphatic carbocycles. The van der Waals surface area contributed by atoms with E-state index in [1.54, 1.807) is 43.3 Å². The van der Waals surface area contributed by atoms with Crippen molar-refractivity contribution in [2.24, 2.45) is 0 Å². The lowest BCUT2D eigenvalue weighted by molar-refractivity contribution is -0.141. The number of aliphatic carboxylic acids is 1. The summed E-state index contributed by atoms with van der Waals surface area (Å²) in [5.41, 5.74) is 2.54. The van der Waals surface area contributed by atoms with Gasteiger partial charge in [-0.25, -0.2) is 9.78 Å². The molecule has 0 bridgehead atoms. The number of fused-ring (bicyclic) bond motifs is 1. The molecule has 6 nitrogen and oxygen atoms in total. The van der Waals surface area contributed by atoms with Crippen LogP contribution >= 0.6 is 11.3 Å². The molecule has 2 atom stereocenters. The standard InChI is InChI=1S/C21H18N2O4S/c1-12-20(24)23(19(21(25)26)14-6-4-3-5-7-14)17-10-15(8-9-18(17)27-12)16-11-28-13(2)22-16/h3-12,19H,1-2H3,(H,25,26). The van der Waals surface area contributed by atoms with Crippen molar-refractivity contribution in [1.29, 1.82) is 0 Å². The first kappa shape index (κ1) is 18.2. The molecule has 0 saturated carbocycles. The molecule has 2 heterocycles. The van der Waals surface area contributed by atoms with E-state index in [2.05, 4.69) is 4.98 Å². The number of ether oxygens (including phenoxy) is 1. The van der Waals surface area contributed by atoms with Crippen molar-refractivity contribution in [1.82, 2.24) is 4.98 Å². The summed E-state index contributed by atoms with van der Waals surface area (Å²) in [4.78, 5) is 31.0. The summed E-state index contributed by atoms with van der Waals surface area (Å²) in [5, 5.41) is 12.8. The maximum absolute atomic E-state index is 13.0. The van der Waals surface area contributed by atoms with Crippen LogP contribution in [-0.2, 0) is 9.59 Å². The van der Waals surface area contributed by atoms with Gasteiger partial charge in [0, 0.05) is 10.9 Å². The zero-order chi connectivity index (χ0) is 19.8. The van der Waals surface area contributed by atoms with E-state index in [4.69, 9.17) is 4.74 Å². The van der Waals surface area contributed by atoms with Crippen LogP contribution in [0.4, 0.5) is 5.69 Å². The van der Waals surface area contributed by atoms with Crippen LogP contribution in [0.3, 0.4) is 0 Å². The molecule has 0 fully saturated rings. The van der Waals surface area contributed by atoms with Crippen LogP contribution in [0.15, 0.2) is 53.9 Å². The number of aryl methyl sites for hydroxylation is 1. The van der Waals surface area contributed by atoms with Crippen molar-refractivity contribution in [2.75, 3.05) is 4.90 Å². The van der Waals surface area contributed by atoms with Gasteiger partial charge in [-0.1, -0.05) is 30.3 Å². The average molecular weight is 394 g/mol. The van der Waals surface area contributed by atoms with Gasteiger partial charge in [0.2, 0.25) is 0 Å². The fourth-order valence-corrected chi connectivity index (χ4v) is 3.94. The number of hydrogen-bond donors (Lipinski definition) is 1. The van der Waals surface area contributed by atoms with Gasteiger partial charge in [-0.05, 0) is 37.6 Å². The summed E-state index contributed by atoms with van der Waals surface area (Å²) in [6.07, 6.45) is -0.773. The summed E-state index contributed by atoms with van der Waals surface area (Å²) in [7, 11) is 0. The fourth-order valence-electron chi connectivity index (χ4n) is 3.32. The van der Waals surface area contributed by atoms with Gasteiger partial charge < -0.3 is 9.84 Å². The number of rotatable bonds is 4. The van der Waals surface area contributed by atoms with Crippen molar-refractivity contribution in [2.45, 2.75) is 26.0 Å². The van der Waals surface area contributed by atoms with Crippen LogP contribution in [0.5, 0.6) is 5.75 Å². The number of carbonyl (C=O) groups is 2. The van der Waals surface area contributed by atoms with E-state index in [-0.39, 0.29) is 0 Å². The second kappa shape index (κ2) is 7.09. The van der Waals surface area contributed by atoms with Crippen molar-refractivity contribution >= 4 is 28.9 Å². The highest BCUT2D eigenvalue weighted by Crippen LogP contribution is 2.41. The van der Waals surface area contributed by atoms with Gasteiger partial charge in [0.05, 0.1) is 16.4 Å². The van der Waals surface area contributed by atoms with Gasteiger partial charge in [-0.3, -0.25) is 9.69 Å². The smallest absolute Gasteiger partial charge is 0.331 e. The predicted octanol–water partition coefficient (Wildman–Crippen LogP) is 4.06. The molecule has 0 spiro atoms. The summed E-state index contributed by atoms with van der Waals surface area (Å²) in [5.74, 6) is -1.02. The Bertz CT molecular complexity index is 1050. The minimum absolute atomic E-state index is 0.393. The monoisotopic (exact) mass is 394 g/mol. The predicted molar refractivity (Wildman–Crippen MR) is 107 cm³/mol. The Morgan fingerprint density at radius 3 is 2.64 bits per heavy atom. The number of anilines is 1. The number of aromatic nitrogens is 1. The molecular weight excluding hydrogens is 376 g/mol. The van der Waals surface area contributed by atoms with E-state index < -0.39 is 24.0 Å². The van der Waals surface area contributed by atoms with Crippen LogP contribution in [0.2, 0.25) is 0 Å². The van der Waals surface area contributed by atoms with Gasteiger partial charge in [-0.2, -0.15) is 0 Å². The van der Waals surface area contributed by atoms with Crippen LogP contribution in [0.25, 0.3) is 11.3 Å². The summed E-state index contributed by atoms with van der Waals surface area (Å²) in [6, 6.07) is 13.0. The Morgan fingerprint density at radius 2 is 2.00 bits per heavy atom. The molecule has 1 aliphatic heterocycles. The first-order chi connectivity index (χ1) is 13.5. The second-order valence-electron chi connectivity index (χ2n) is 6.55. The number of thiazole rings is 1. The molecule has 2 aromatic carbocycles. The van der Waals surface area contributed by atoms with E-state index >= 15 is 0 Å². The topological polar surface area (TPSA) is 79.7 Å². The Kier molecular flexibility index (Phi) is 4.60. The number of nitrogens with zero attached hydrogens (tertiary/aromatic N) is 2. The summed E-state index contributed by atoms with van der Waals surface area (Å²) >= 11 is 1.53. The molecule has 1 amide bonds. The van der Waals surface area contributed by atoms with E-state index in [1.165, 1.54) is 16.2 Å². The number of hydrogen-bond acceptors (Lipinski definition) is 5. The molecule has 4 rings (SSSR count). The SMILES string of the molecule is Cc1nc(-c2ccc3c(c2)N(C(C(=O)O)c2ccccc2)C(=O)C(C)O3)cs1. The van der Waals surface area contributed by atoms with E-state index in [0.717, 1.165) is 16.3 Å². The van der Waals surface area contributed by atoms with Crippen molar-refractivity contribution in [3.63, 3.8) is 0 Å². The second-order valence-corrected chi connectivity index (χ2v) is 7.62. The molecule has 142 valence electrons. The number of benzene rings is 2. The zero-order valence-corrected chi connectivity index (χ0v) is 16.1. The highest BCUT2D eigenvalue weighted by atomic mass is 32.1. The minimum atomic E-state index is -1.15. The number of carboxylic acids is 1. The summed E-state index contributed by atoms with van der Waals surface area (Å²) < 4.78 is 5.73. The quantitative estimate of drug-likeness (QED) is 0.722. The first-order valence-corrected chi connectivity index (χ1v) is 9.67. The molecule has 7 heteroatoms. The molecule has 2 unspecified atom stereocenters. The Hall–Kier alpha value is -3.19. The van der Waals surface area contributed by atoms with Gasteiger partial charge in [0.15, 0.2) is 12.1 Å². The molecule has 1 N–H and O–H groups in total. The molecule has 1 aromatic heterocycles. The van der Waals surface area contributed by atoms with Crippen molar-refractivity contribution < 1.29 is 19.4 Å². The maximum atomic E-state index is 13.0. The van der Waals surface area contributed by atoms with Crippen LogP contribution < -0.4 is 9.64 Å². The maximum Gasteiger partial charge on any atom is 0.331 e. The fraction of sp³-hybridized carbons (Fsp3) is 0.190. The third-order valence-electron chi connectivity index (χ3n) is 4.63. The van der Waals surface area contributed by atoms with E-state index in [0.29, 0.717) is 17.0 Å². The summed E-state index contributed by atoms with van der Waals surface area (Å²) in [6.45, 7) is 3.54. The Labute approximate surface area is 166 Å². The third kappa shape index (κ3) is 3.14. The Morgan fingerprint density at radius 1 is 1.25 bits per heavy atom. The van der Waals surface area contributed by atoms with Gasteiger partial charge in [0.1, 0.15) is 5.75 Å². The van der Waals surface area contributed by atoms with Crippen molar-refractivity contribution in [3.05, 3.63) is 64.5 Å². The number of carbonyl (C=O) groups excluding carboxylic acids is 1. The first-order valence-electron chi connectivity index (χ1n) is 8.79. The average Bonchev–Trinajstić information content (AvgIpc) is 3.12.